The van der Waals surface area contributed by atoms with Crippen LogP contribution in [0.5, 0.6) is 0 Å². The van der Waals surface area contributed by atoms with Gasteiger partial charge in [-0.25, -0.2) is 9.97 Å². The minimum Gasteiger partial charge on any atom is -0.339 e. The number of nitro groups is 1. The molecule has 0 amide bonds. The number of benzene rings is 2. The molecule has 0 unspecified atom stereocenters. The number of non-ortho nitro benzene ring substituents is 1. The van der Waals surface area contributed by atoms with Crippen molar-refractivity contribution < 1.29 is 4.92 Å². The summed E-state index contributed by atoms with van der Waals surface area (Å²) in [6.45, 7) is 1.88. The summed E-state index contributed by atoms with van der Waals surface area (Å²) in [7, 11) is 0. The Kier molecular flexibility index (Phi) is 3.19. The Morgan fingerprint density at radius 3 is 2.76 bits per heavy atom. The SMILES string of the molecule is Cc1ccc([N+](=O)[O-])cc1Nc1ncnc2ccccc12. The van der Waals surface area contributed by atoms with Crippen molar-refractivity contribution in [3.63, 3.8) is 0 Å². The average molecular weight is 280 g/mol. The van der Waals surface area contributed by atoms with Crippen LogP contribution in [0, 0.1) is 17.0 Å². The molecule has 104 valence electrons. The molecule has 6 heteroatoms. The molecule has 3 rings (SSSR count). The Morgan fingerprint density at radius 1 is 1.14 bits per heavy atom. The first-order chi connectivity index (χ1) is 10.1. The Morgan fingerprint density at radius 2 is 1.95 bits per heavy atom. The number of hydrogen-bond acceptors (Lipinski definition) is 5. The first-order valence-electron chi connectivity index (χ1n) is 6.37. The smallest absolute Gasteiger partial charge is 0.271 e. The molecule has 1 heterocycles. The van der Waals surface area contributed by atoms with Gasteiger partial charge in [-0.1, -0.05) is 18.2 Å². The maximum Gasteiger partial charge on any atom is 0.271 e. The molecule has 0 bridgehead atoms. The normalized spacial score (nSPS) is 10.5. The molecular formula is C15H12N4O2. The lowest BCUT2D eigenvalue weighted by atomic mass is 10.1. The van der Waals surface area contributed by atoms with E-state index in [0.717, 1.165) is 16.5 Å². The first-order valence-corrected chi connectivity index (χ1v) is 6.37. The van der Waals surface area contributed by atoms with Crippen molar-refractivity contribution in [2.45, 2.75) is 6.92 Å². The van der Waals surface area contributed by atoms with E-state index in [-0.39, 0.29) is 5.69 Å². The van der Waals surface area contributed by atoms with Crippen molar-refractivity contribution in [1.29, 1.82) is 0 Å². The highest BCUT2D eigenvalue weighted by Crippen LogP contribution is 2.27. The van der Waals surface area contributed by atoms with E-state index < -0.39 is 4.92 Å². The molecule has 0 saturated heterocycles. The Bertz CT molecular complexity index is 828. The van der Waals surface area contributed by atoms with E-state index in [4.69, 9.17) is 0 Å². The monoisotopic (exact) mass is 280 g/mol. The third kappa shape index (κ3) is 2.51. The lowest BCUT2D eigenvalue weighted by molar-refractivity contribution is -0.384. The molecule has 0 spiro atoms. The average Bonchev–Trinajstić information content (AvgIpc) is 2.49. The molecular weight excluding hydrogens is 268 g/mol. The van der Waals surface area contributed by atoms with E-state index in [1.807, 2.05) is 31.2 Å². The quantitative estimate of drug-likeness (QED) is 0.585. The van der Waals surface area contributed by atoms with Crippen molar-refractivity contribution >= 4 is 28.1 Å². The van der Waals surface area contributed by atoms with Gasteiger partial charge in [0.2, 0.25) is 0 Å². The number of aryl methyl sites for hydroxylation is 1. The van der Waals surface area contributed by atoms with Gasteiger partial charge < -0.3 is 5.32 Å². The van der Waals surface area contributed by atoms with Gasteiger partial charge in [0.05, 0.1) is 10.4 Å². The van der Waals surface area contributed by atoms with Crippen LogP contribution in [0.25, 0.3) is 10.9 Å². The number of anilines is 2. The zero-order valence-electron chi connectivity index (χ0n) is 11.3. The van der Waals surface area contributed by atoms with E-state index in [2.05, 4.69) is 15.3 Å². The molecule has 0 atom stereocenters. The maximum atomic E-state index is 10.9. The fraction of sp³-hybridized carbons (Fsp3) is 0.0667. The number of hydrogen-bond donors (Lipinski definition) is 1. The minimum absolute atomic E-state index is 0.0430. The highest BCUT2D eigenvalue weighted by molar-refractivity contribution is 5.90. The van der Waals surface area contributed by atoms with E-state index in [9.17, 15) is 10.1 Å². The number of para-hydroxylation sites is 1. The van der Waals surface area contributed by atoms with Crippen LogP contribution in [0.3, 0.4) is 0 Å². The number of rotatable bonds is 3. The second-order valence-electron chi connectivity index (χ2n) is 4.62. The van der Waals surface area contributed by atoms with E-state index in [1.54, 1.807) is 6.07 Å². The van der Waals surface area contributed by atoms with Crippen molar-refractivity contribution in [2.75, 3.05) is 5.32 Å². The summed E-state index contributed by atoms with van der Waals surface area (Å²) in [6, 6.07) is 12.3. The van der Waals surface area contributed by atoms with E-state index >= 15 is 0 Å². The second kappa shape index (κ2) is 5.16. The lowest BCUT2D eigenvalue weighted by Gasteiger charge is -2.10. The van der Waals surface area contributed by atoms with Crippen molar-refractivity contribution in [3.05, 3.63) is 64.5 Å². The molecule has 0 aliphatic heterocycles. The highest BCUT2D eigenvalue weighted by atomic mass is 16.6. The van der Waals surface area contributed by atoms with Crippen LogP contribution >= 0.6 is 0 Å². The van der Waals surface area contributed by atoms with Gasteiger partial charge in [0.1, 0.15) is 12.1 Å². The highest BCUT2D eigenvalue weighted by Gasteiger charge is 2.10. The van der Waals surface area contributed by atoms with Gasteiger partial charge in [0, 0.05) is 23.2 Å². The molecule has 0 fully saturated rings. The lowest BCUT2D eigenvalue weighted by Crippen LogP contribution is -1.99. The van der Waals surface area contributed by atoms with Crippen molar-refractivity contribution in [1.82, 2.24) is 9.97 Å². The van der Waals surface area contributed by atoms with Gasteiger partial charge >= 0.3 is 0 Å². The third-order valence-corrected chi connectivity index (χ3v) is 3.23. The molecule has 0 aliphatic rings. The Labute approximate surface area is 120 Å². The number of nitro benzene ring substituents is 1. The van der Waals surface area contributed by atoms with Crippen LogP contribution in [0.4, 0.5) is 17.2 Å². The zero-order valence-corrected chi connectivity index (χ0v) is 11.3. The second-order valence-corrected chi connectivity index (χ2v) is 4.62. The van der Waals surface area contributed by atoms with Gasteiger partial charge in [-0.05, 0) is 24.6 Å². The fourth-order valence-corrected chi connectivity index (χ4v) is 2.09. The van der Waals surface area contributed by atoms with Crippen LogP contribution in [-0.2, 0) is 0 Å². The summed E-state index contributed by atoms with van der Waals surface area (Å²) in [5.41, 5.74) is 2.43. The summed E-state index contributed by atoms with van der Waals surface area (Å²) in [5.74, 6) is 0.629. The number of nitrogens with zero attached hydrogens (tertiary/aromatic N) is 3. The molecule has 21 heavy (non-hydrogen) atoms. The molecule has 6 nitrogen and oxygen atoms in total. The van der Waals surface area contributed by atoms with Gasteiger partial charge in [0.15, 0.2) is 0 Å². The summed E-state index contributed by atoms with van der Waals surface area (Å²) in [4.78, 5) is 18.9. The maximum absolute atomic E-state index is 10.9. The summed E-state index contributed by atoms with van der Waals surface area (Å²) < 4.78 is 0. The number of fused-ring (bicyclic) bond motifs is 1. The molecule has 3 aromatic rings. The van der Waals surface area contributed by atoms with E-state index in [0.29, 0.717) is 11.5 Å². The molecule has 2 aromatic carbocycles. The molecule has 0 saturated carbocycles. The third-order valence-electron chi connectivity index (χ3n) is 3.23. The Balaban J connectivity index is 2.06. The topological polar surface area (TPSA) is 81.0 Å². The first kappa shape index (κ1) is 13.0. The molecule has 1 aromatic heterocycles. The number of nitrogens with one attached hydrogen (secondary N) is 1. The Hall–Kier alpha value is -3.02. The minimum atomic E-state index is -0.414. The number of aromatic nitrogens is 2. The van der Waals surface area contributed by atoms with Crippen LogP contribution in [-0.4, -0.2) is 14.9 Å². The standard InChI is InChI=1S/C15H12N4O2/c1-10-6-7-11(19(20)21)8-14(10)18-15-12-4-2-3-5-13(12)16-9-17-15/h2-9H,1H3,(H,16,17,18). The molecule has 1 N–H and O–H groups in total. The summed E-state index contributed by atoms with van der Waals surface area (Å²) in [5, 5.41) is 14.9. The van der Waals surface area contributed by atoms with Crippen molar-refractivity contribution in [2.24, 2.45) is 0 Å². The van der Waals surface area contributed by atoms with Gasteiger partial charge in [-0.3, -0.25) is 10.1 Å². The summed E-state index contributed by atoms with van der Waals surface area (Å²) in [6.07, 6.45) is 1.47. The molecule has 0 aliphatic carbocycles. The van der Waals surface area contributed by atoms with Gasteiger partial charge in [0.25, 0.3) is 5.69 Å². The van der Waals surface area contributed by atoms with E-state index in [1.165, 1.54) is 18.5 Å². The summed E-state index contributed by atoms with van der Waals surface area (Å²) >= 11 is 0. The van der Waals surface area contributed by atoms with Gasteiger partial charge in [-0.2, -0.15) is 0 Å². The van der Waals surface area contributed by atoms with Crippen LogP contribution < -0.4 is 5.32 Å². The molecule has 0 radical (unpaired) electrons. The fourth-order valence-electron chi connectivity index (χ4n) is 2.09. The van der Waals surface area contributed by atoms with Gasteiger partial charge in [-0.15, -0.1) is 0 Å². The predicted octanol–water partition coefficient (Wildman–Crippen LogP) is 3.59. The van der Waals surface area contributed by atoms with Crippen molar-refractivity contribution in [3.8, 4) is 0 Å². The van der Waals surface area contributed by atoms with Crippen LogP contribution in [0.1, 0.15) is 5.56 Å². The predicted molar refractivity (Wildman–Crippen MR) is 80.7 cm³/mol. The zero-order chi connectivity index (χ0) is 14.8. The van der Waals surface area contributed by atoms with Crippen LogP contribution in [0.15, 0.2) is 48.8 Å². The largest absolute Gasteiger partial charge is 0.339 e. The van der Waals surface area contributed by atoms with Crippen LogP contribution in [0.2, 0.25) is 0 Å².